The van der Waals surface area contributed by atoms with Gasteiger partial charge in [0.1, 0.15) is 5.69 Å². The molecule has 2 rings (SSSR count). The largest absolute Gasteiger partial charge is 0.367 e. The predicted molar refractivity (Wildman–Crippen MR) is 78.7 cm³/mol. The zero-order chi connectivity index (χ0) is 13.8. The molecule has 1 aromatic rings. The Balaban J connectivity index is 2.14. The summed E-state index contributed by atoms with van der Waals surface area (Å²) >= 11 is 0. The summed E-state index contributed by atoms with van der Waals surface area (Å²) in [6, 6.07) is 4.48. The number of ketones is 1. The summed E-state index contributed by atoms with van der Waals surface area (Å²) in [7, 11) is 0. The molecule has 3 nitrogen and oxygen atoms in total. The van der Waals surface area contributed by atoms with Crippen molar-refractivity contribution in [2.75, 3.05) is 11.4 Å². The molecule has 0 aromatic carbocycles. The van der Waals surface area contributed by atoms with E-state index in [9.17, 15) is 4.79 Å². The number of aromatic nitrogens is 1. The second-order valence-electron chi connectivity index (χ2n) is 5.53. The van der Waals surface area contributed by atoms with Gasteiger partial charge in [0.05, 0.1) is 11.9 Å². The van der Waals surface area contributed by atoms with Crippen molar-refractivity contribution >= 4 is 11.5 Å². The van der Waals surface area contributed by atoms with E-state index < -0.39 is 0 Å². The Kier molecular flexibility index (Phi) is 4.56. The van der Waals surface area contributed by atoms with Crippen molar-refractivity contribution < 1.29 is 4.79 Å². The highest BCUT2D eigenvalue weighted by Gasteiger charge is 2.24. The molecule has 1 aliphatic rings. The van der Waals surface area contributed by atoms with E-state index in [0.29, 0.717) is 18.2 Å². The molecule has 1 aromatic heterocycles. The summed E-state index contributed by atoms with van der Waals surface area (Å²) in [5, 5.41) is 0. The monoisotopic (exact) mass is 260 g/mol. The number of rotatable bonds is 4. The molecule has 0 spiro atoms. The number of anilines is 1. The van der Waals surface area contributed by atoms with Crippen LogP contribution < -0.4 is 4.90 Å². The van der Waals surface area contributed by atoms with Crippen LogP contribution in [0.5, 0.6) is 0 Å². The van der Waals surface area contributed by atoms with Crippen LogP contribution in [-0.4, -0.2) is 23.4 Å². The van der Waals surface area contributed by atoms with E-state index in [1.807, 2.05) is 25.3 Å². The lowest BCUT2D eigenvalue weighted by molar-refractivity contribution is 0.0983. The average molecular weight is 260 g/mol. The Morgan fingerprint density at radius 3 is 2.74 bits per heavy atom. The number of pyridine rings is 1. The van der Waals surface area contributed by atoms with Gasteiger partial charge >= 0.3 is 0 Å². The van der Waals surface area contributed by atoms with E-state index in [2.05, 4.69) is 23.7 Å². The topological polar surface area (TPSA) is 33.2 Å². The molecule has 3 heteroatoms. The van der Waals surface area contributed by atoms with Crippen molar-refractivity contribution in [2.24, 2.45) is 5.92 Å². The van der Waals surface area contributed by atoms with Gasteiger partial charge in [-0.3, -0.25) is 9.78 Å². The first-order chi connectivity index (χ1) is 9.15. The van der Waals surface area contributed by atoms with E-state index in [0.717, 1.165) is 18.2 Å². The molecule has 0 radical (unpaired) electrons. The fourth-order valence-corrected chi connectivity index (χ4v) is 2.78. The number of hydrogen-bond donors (Lipinski definition) is 0. The Hall–Kier alpha value is -1.38. The molecule has 19 heavy (non-hydrogen) atoms. The van der Waals surface area contributed by atoms with Gasteiger partial charge < -0.3 is 4.90 Å². The minimum atomic E-state index is 0.115. The normalized spacial score (nSPS) is 23.4. The highest BCUT2D eigenvalue weighted by Crippen LogP contribution is 2.28. The third kappa shape index (κ3) is 3.14. The quantitative estimate of drug-likeness (QED) is 0.774. The SMILES string of the molecule is CCC(=O)c1ccc(N2CC(CC)CCC2C)cn1. The summed E-state index contributed by atoms with van der Waals surface area (Å²) in [6.07, 6.45) is 6.19. The smallest absolute Gasteiger partial charge is 0.180 e. The van der Waals surface area contributed by atoms with Crippen molar-refractivity contribution in [1.29, 1.82) is 0 Å². The molecule has 0 aliphatic carbocycles. The first-order valence-electron chi connectivity index (χ1n) is 7.41. The van der Waals surface area contributed by atoms with E-state index in [1.165, 1.54) is 19.3 Å². The number of Topliss-reactive ketones (excluding diaryl/α,β-unsaturated/α-hetero) is 1. The van der Waals surface area contributed by atoms with Crippen LogP contribution in [0, 0.1) is 5.92 Å². The molecular weight excluding hydrogens is 236 g/mol. The number of carbonyl (C=O) groups excluding carboxylic acids is 1. The lowest BCUT2D eigenvalue weighted by Gasteiger charge is -2.39. The van der Waals surface area contributed by atoms with Crippen LogP contribution in [0.25, 0.3) is 0 Å². The van der Waals surface area contributed by atoms with E-state index in [4.69, 9.17) is 0 Å². The fraction of sp³-hybridized carbons (Fsp3) is 0.625. The third-order valence-electron chi connectivity index (χ3n) is 4.24. The first kappa shape index (κ1) is 14.0. The molecule has 1 saturated heterocycles. The third-order valence-corrected chi connectivity index (χ3v) is 4.24. The Bertz CT molecular complexity index is 427. The van der Waals surface area contributed by atoms with Gasteiger partial charge in [0.15, 0.2) is 5.78 Å². The van der Waals surface area contributed by atoms with Crippen molar-refractivity contribution in [2.45, 2.75) is 52.5 Å². The fourth-order valence-electron chi connectivity index (χ4n) is 2.78. The highest BCUT2D eigenvalue weighted by molar-refractivity contribution is 5.94. The minimum absolute atomic E-state index is 0.115. The van der Waals surface area contributed by atoms with Crippen molar-refractivity contribution in [3.8, 4) is 0 Å². The number of hydrogen-bond acceptors (Lipinski definition) is 3. The Morgan fingerprint density at radius 2 is 2.16 bits per heavy atom. The second kappa shape index (κ2) is 6.18. The molecule has 1 aliphatic heterocycles. The molecule has 0 bridgehead atoms. The van der Waals surface area contributed by atoms with Gasteiger partial charge in [0.2, 0.25) is 0 Å². The summed E-state index contributed by atoms with van der Waals surface area (Å²) in [6.45, 7) is 7.52. The molecule has 104 valence electrons. The molecular formula is C16H24N2O. The summed E-state index contributed by atoms with van der Waals surface area (Å²) in [5.74, 6) is 0.901. The molecule has 2 unspecified atom stereocenters. The van der Waals surface area contributed by atoms with Crippen LogP contribution in [0.3, 0.4) is 0 Å². The number of nitrogens with zero attached hydrogens (tertiary/aromatic N) is 2. The van der Waals surface area contributed by atoms with Crippen LogP contribution in [0.4, 0.5) is 5.69 Å². The van der Waals surface area contributed by atoms with Gasteiger partial charge in [-0.15, -0.1) is 0 Å². The van der Waals surface area contributed by atoms with E-state index in [1.54, 1.807) is 0 Å². The maximum atomic E-state index is 11.6. The van der Waals surface area contributed by atoms with Gasteiger partial charge in [-0.05, 0) is 37.8 Å². The Morgan fingerprint density at radius 1 is 1.37 bits per heavy atom. The zero-order valence-corrected chi connectivity index (χ0v) is 12.2. The summed E-state index contributed by atoms with van der Waals surface area (Å²) in [5.41, 5.74) is 1.74. The lowest BCUT2D eigenvalue weighted by atomic mass is 9.91. The molecule has 0 amide bonds. The van der Waals surface area contributed by atoms with Gasteiger partial charge in [0.25, 0.3) is 0 Å². The summed E-state index contributed by atoms with van der Waals surface area (Å²) in [4.78, 5) is 18.3. The van der Waals surface area contributed by atoms with E-state index >= 15 is 0 Å². The van der Waals surface area contributed by atoms with Crippen molar-refractivity contribution in [3.63, 3.8) is 0 Å². The molecule has 2 atom stereocenters. The van der Waals surface area contributed by atoms with Crippen LogP contribution in [0.2, 0.25) is 0 Å². The van der Waals surface area contributed by atoms with Crippen molar-refractivity contribution in [3.05, 3.63) is 24.0 Å². The predicted octanol–water partition coefficient (Wildman–Crippen LogP) is 3.69. The van der Waals surface area contributed by atoms with Crippen LogP contribution >= 0.6 is 0 Å². The van der Waals surface area contributed by atoms with Gasteiger partial charge in [-0.2, -0.15) is 0 Å². The highest BCUT2D eigenvalue weighted by atomic mass is 16.1. The molecule has 0 N–H and O–H groups in total. The van der Waals surface area contributed by atoms with Crippen LogP contribution in [0.15, 0.2) is 18.3 Å². The Labute approximate surface area is 116 Å². The molecule has 0 saturated carbocycles. The first-order valence-corrected chi connectivity index (χ1v) is 7.41. The minimum Gasteiger partial charge on any atom is -0.367 e. The molecule has 2 heterocycles. The van der Waals surface area contributed by atoms with E-state index in [-0.39, 0.29) is 5.78 Å². The van der Waals surface area contributed by atoms with Crippen LogP contribution in [-0.2, 0) is 0 Å². The van der Waals surface area contributed by atoms with Gasteiger partial charge in [-0.25, -0.2) is 0 Å². The maximum Gasteiger partial charge on any atom is 0.180 e. The summed E-state index contributed by atoms with van der Waals surface area (Å²) < 4.78 is 0. The second-order valence-corrected chi connectivity index (χ2v) is 5.53. The average Bonchev–Trinajstić information content (AvgIpc) is 2.47. The number of carbonyl (C=O) groups is 1. The lowest BCUT2D eigenvalue weighted by Crippen LogP contribution is -2.41. The zero-order valence-electron chi connectivity index (χ0n) is 12.2. The van der Waals surface area contributed by atoms with Gasteiger partial charge in [-0.1, -0.05) is 20.3 Å². The number of piperidine rings is 1. The van der Waals surface area contributed by atoms with Crippen molar-refractivity contribution in [1.82, 2.24) is 4.98 Å². The standard InChI is InChI=1S/C16H24N2O/c1-4-13-7-6-12(3)18(11-13)14-8-9-15(17-10-14)16(19)5-2/h8-10,12-13H,4-7,11H2,1-3H3. The maximum absolute atomic E-state index is 11.6. The van der Waals surface area contributed by atoms with Gasteiger partial charge in [0, 0.05) is 19.0 Å². The molecule has 1 fully saturated rings. The van der Waals surface area contributed by atoms with Crippen LogP contribution in [0.1, 0.15) is 56.9 Å².